The summed E-state index contributed by atoms with van der Waals surface area (Å²) in [5, 5.41) is 0. The van der Waals surface area contributed by atoms with Crippen molar-refractivity contribution in [3.8, 4) is 5.75 Å². The fourth-order valence-corrected chi connectivity index (χ4v) is 4.89. The first-order valence-electron chi connectivity index (χ1n) is 13.5. The number of ether oxygens (including phenoxy) is 3. The molecule has 2 aromatic rings. The Bertz CT molecular complexity index is 1230. The van der Waals surface area contributed by atoms with Crippen molar-refractivity contribution in [3.05, 3.63) is 45.2 Å². The predicted molar refractivity (Wildman–Crippen MR) is 150 cm³/mol. The van der Waals surface area contributed by atoms with Crippen molar-refractivity contribution < 1.29 is 32.2 Å². The summed E-state index contributed by atoms with van der Waals surface area (Å²) in [4.78, 5) is 23.2. The Morgan fingerprint density at radius 3 is 2.58 bits per heavy atom. The molecule has 1 aromatic carbocycles. The van der Waals surface area contributed by atoms with Crippen molar-refractivity contribution >= 4 is 23.6 Å². The molecule has 3 rings (SSSR count). The van der Waals surface area contributed by atoms with Crippen LogP contribution < -0.4 is 9.54 Å². The molecule has 11 heteroatoms. The molecule has 1 aliphatic rings. The Morgan fingerprint density at radius 2 is 1.95 bits per heavy atom. The lowest BCUT2D eigenvalue weighted by molar-refractivity contribution is -0.137. The van der Waals surface area contributed by atoms with E-state index in [1.165, 1.54) is 23.8 Å². The number of alkyl halides is 3. The summed E-state index contributed by atoms with van der Waals surface area (Å²) >= 11 is 1.35. The van der Waals surface area contributed by atoms with E-state index >= 15 is 0 Å². The third-order valence-electron chi connectivity index (χ3n) is 5.97. The summed E-state index contributed by atoms with van der Waals surface area (Å²) in [6.07, 6.45) is 1.10. The highest BCUT2D eigenvalue weighted by Crippen LogP contribution is 2.33. The number of hydrogen-bond donors (Lipinski definition) is 0. The summed E-state index contributed by atoms with van der Waals surface area (Å²) in [6.45, 7) is 14.6. The predicted octanol–water partition coefficient (Wildman–Crippen LogP) is 6.65. The molecule has 0 aliphatic carbocycles. The maximum Gasteiger partial charge on any atom is 0.416 e. The van der Waals surface area contributed by atoms with Crippen molar-refractivity contribution in [2.75, 3.05) is 26.4 Å². The number of nitrogens with zero attached hydrogens (tertiary/aromatic N) is 3. The van der Waals surface area contributed by atoms with Gasteiger partial charge in [0.15, 0.2) is 11.2 Å². The van der Waals surface area contributed by atoms with Gasteiger partial charge in [-0.3, -0.25) is 9.79 Å². The molecule has 1 atom stereocenters. The van der Waals surface area contributed by atoms with Gasteiger partial charge in [0.25, 0.3) is 5.91 Å². The van der Waals surface area contributed by atoms with Gasteiger partial charge in [0, 0.05) is 30.6 Å². The second-order valence-electron chi connectivity index (χ2n) is 12.1. The monoisotopic (exact) mass is 583 g/mol. The SMILES string of the molecule is CC(C)(C)COC=NCCCOc1ccc(C(F)(F)F)cc1C(=O)N=c1sc(C(C)(C)C)cn1C[C@H]1CCCO1. The molecule has 1 fully saturated rings. The van der Waals surface area contributed by atoms with Gasteiger partial charge in [0.05, 0.1) is 37.0 Å². The summed E-state index contributed by atoms with van der Waals surface area (Å²) in [5.41, 5.74) is -1.34. The van der Waals surface area contributed by atoms with Crippen LogP contribution in [0.2, 0.25) is 0 Å². The zero-order valence-electron chi connectivity index (χ0n) is 24.1. The van der Waals surface area contributed by atoms with Crippen LogP contribution in [-0.4, -0.2) is 49.3 Å². The highest BCUT2D eigenvalue weighted by Gasteiger charge is 2.32. The lowest BCUT2D eigenvalue weighted by atomic mass is 9.95. The Morgan fingerprint density at radius 1 is 1.20 bits per heavy atom. The standard InChI is InChI=1S/C29H40F3N3O4S/c1-27(2,3)18-37-19-33-12-8-14-39-23-11-10-20(29(30,31)32)15-22(23)25(36)34-26-35(16-21-9-7-13-38-21)17-24(40-26)28(4,5)6/h10-11,15,17,19,21H,7-9,12-14,16,18H2,1-6H3/t21-/m1/s1. The van der Waals surface area contributed by atoms with Crippen LogP contribution in [0.5, 0.6) is 5.75 Å². The first kappa shape index (κ1) is 31.9. The van der Waals surface area contributed by atoms with E-state index in [4.69, 9.17) is 14.2 Å². The molecule has 0 unspecified atom stereocenters. The van der Waals surface area contributed by atoms with Crippen molar-refractivity contribution in [2.24, 2.45) is 15.4 Å². The fourth-order valence-electron chi connectivity index (χ4n) is 3.83. The summed E-state index contributed by atoms with van der Waals surface area (Å²) < 4.78 is 59.3. The molecular weight excluding hydrogens is 543 g/mol. The van der Waals surface area contributed by atoms with Gasteiger partial charge in [-0.15, -0.1) is 11.3 Å². The normalized spacial score (nSPS) is 17.1. The molecule has 0 spiro atoms. The average molecular weight is 584 g/mol. The molecule has 222 valence electrons. The molecule has 0 N–H and O–H groups in total. The van der Waals surface area contributed by atoms with Gasteiger partial charge in [-0.2, -0.15) is 18.2 Å². The van der Waals surface area contributed by atoms with E-state index in [0.29, 0.717) is 37.5 Å². The van der Waals surface area contributed by atoms with Gasteiger partial charge in [-0.1, -0.05) is 41.5 Å². The second kappa shape index (κ2) is 13.3. The summed E-state index contributed by atoms with van der Waals surface area (Å²) in [6, 6.07) is 2.89. The average Bonchev–Trinajstić information content (AvgIpc) is 3.50. The highest BCUT2D eigenvalue weighted by atomic mass is 32.1. The van der Waals surface area contributed by atoms with Crippen molar-refractivity contribution in [3.63, 3.8) is 0 Å². The molecule has 2 heterocycles. The van der Waals surface area contributed by atoms with Crippen LogP contribution >= 0.6 is 11.3 Å². The van der Waals surface area contributed by atoms with Gasteiger partial charge >= 0.3 is 6.18 Å². The van der Waals surface area contributed by atoms with Crippen LogP contribution in [0.1, 0.15) is 81.6 Å². The molecule has 1 amide bonds. The van der Waals surface area contributed by atoms with Gasteiger partial charge in [0.2, 0.25) is 0 Å². The summed E-state index contributed by atoms with van der Waals surface area (Å²) in [5.74, 6) is -0.744. The minimum Gasteiger partial charge on any atom is -0.493 e. The van der Waals surface area contributed by atoms with E-state index in [2.05, 4.69) is 51.5 Å². The van der Waals surface area contributed by atoms with Crippen LogP contribution in [0.15, 0.2) is 34.4 Å². The van der Waals surface area contributed by atoms with Gasteiger partial charge in [-0.05, 0) is 41.9 Å². The lowest BCUT2D eigenvalue weighted by Crippen LogP contribution is -2.23. The molecule has 1 aliphatic heterocycles. The van der Waals surface area contributed by atoms with Crippen molar-refractivity contribution in [1.29, 1.82) is 0 Å². The molecule has 1 saturated heterocycles. The fraction of sp³-hybridized carbons (Fsp3) is 0.621. The number of amides is 1. The lowest BCUT2D eigenvalue weighted by Gasteiger charge is -2.16. The molecule has 40 heavy (non-hydrogen) atoms. The smallest absolute Gasteiger partial charge is 0.416 e. The van der Waals surface area contributed by atoms with E-state index in [1.54, 1.807) is 0 Å². The number of thiazole rings is 1. The van der Waals surface area contributed by atoms with Gasteiger partial charge in [0.1, 0.15) is 5.75 Å². The minimum atomic E-state index is -4.61. The Kier molecular flexibility index (Phi) is 10.6. The first-order chi connectivity index (χ1) is 18.6. The number of hydrogen-bond acceptors (Lipinski definition) is 6. The topological polar surface area (TPSA) is 74.4 Å². The third-order valence-corrected chi connectivity index (χ3v) is 7.42. The summed E-state index contributed by atoms with van der Waals surface area (Å²) in [7, 11) is 0. The molecule has 1 aromatic heterocycles. The molecular formula is C29H40F3N3O4S. The highest BCUT2D eigenvalue weighted by molar-refractivity contribution is 7.09. The second-order valence-corrected chi connectivity index (χ2v) is 13.1. The number of rotatable bonds is 10. The van der Waals surface area contributed by atoms with Crippen LogP contribution in [0.4, 0.5) is 13.2 Å². The van der Waals surface area contributed by atoms with Crippen LogP contribution in [-0.2, 0) is 27.6 Å². The van der Waals surface area contributed by atoms with E-state index in [9.17, 15) is 18.0 Å². The Balaban J connectivity index is 1.82. The maximum absolute atomic E-state index is 13.5. The van der Waals surface area contributed by atoms with E-state index in [1.807, 2.05) is 10.8 Å². The third kappa shape index (κ3) is 9.76. The molecule has 7 nitrogen and oxygen atoms in total. The molecule has 0 radical (unpaired) electrons. The molecule has 0 bridgehead atoms. The zero-order valence-corrected chi connectivity index (χ0v) is 25.0. The minimum absolute atomic E-state index is 0.00504. The van der Waals surface area contributed by atoms with E-state index in [-0.39, 0.29) is 34.9 Å². The van der Waals surface area contributed by atoms with Crippen molar-refractivity contribution in [2.45, 2.75) is 85.0 Å². The van der Waals surface area contributed by atoms with Crippen LogP contribution in [0.25, 0.3) is 0 Å². The number of aliphatic imine (C=N–C) groups is 1. The van der Waals surface area contributed by atoms with Gasteiger partial charge < -0.3 is 18.8 Å². The number of carbonyl (C=O) groups is 1. The number of benzene rings is 1. The number of aromatic nitrogens is 1. The Labute approximate surface area is 238 Å². The van der Waals surface area contributed by atoms with Crippen molar-refractivity contribution in [1.82, 2.24) is 4.57 Å². The largest absolute Gasteiger partial charge is 0.493 e. The molecule has 0 saturated carbocycles. The van der Waals surface area contributed by atoms with Crippen LogP contribution in [0.3, 0.4) is 0 Å². The zero-order chi connectivity index (χ0) is 29.6. The quantitative estimate of drug-likeness (QED) is 0.178. The van der Waals surface area contributed by atoms with E-state index < -0.39 is 17.6 Å². The van der Waals surface area contributed by atoms with Crippen LogP contribution in [0, 0.1) is 5.41 Å². The maximum atomic E-state index is 13.5. The van der Waals surface area contributed by atoms with Gasteiger partial charge in [-0.25, -0.2) is 0 Å². The Hall–Kier alpha value is -2.66. The van der Waals surface area contributed by atoms with E-state index in [0.717, 1.165) is 29.9 Å². The number of carbonyl (C=O) groups excluding carboxylic acids is 1. The first-order valence-corrected chi connectivity index (χ1v) is 14.3. The number of halogens is 3.